The number of hydrogen-bond donors (Lipinski definition) is 6. The molecule has 2 aliphatic rings. The van der Waals surface area contributed by atoms with E-state index in [-0.39, 0.29) is 47.9 Å². The zero-order valence-electron chi connectivity index (χ0n) is 18.5. The summed E-state index contributed by atoms with van der Waals surface area (Å²) in [4.78, 5) is 45.8. The van der Waals surface area contributed by atoms with Crippen LogP contribution in [0, 0.1) is 0 Å². The summed E-state index contributed by atoms with van der Waals surface area (Å²) in [6.45, 7) is -0.0940. The third-order valence-corrected chi connectivity index (χ3v) is 6.57. The number of carboxylic acids is 2. The summed E-state index contributed by atoms with van der Waals surface area (Å²) < 4.78 is 13.7. The third-order valence-electron chi connectivity index (χ3n) is 4.35. The van der Waals surface area contributed by atoms with Gasteiger partial charge in [-0.25, -0.2) is 0 Å². The highest BCUT2D eigenvalue weighted by molar-refractivity contribution is 8.00. The van der Waals surface area contributed by atoms with Gasteiger partial charge in [-0.15, -0.1) is 23.5 Å². The van der Waals surface area contributed by atoms with Gasteiger partial charge in [-0.05, 0) is 0 Å². The second-order valence-corrected chi connectivity index (χ2v) is 9.25. The number of nitrogen functional groups attached to an aromatic ring is 2. The summed E-state index contributed by atoms with van der Waals surface area (Å²) in [6, 6.07) is 3.20. The Bertz CT molecular complexity index is 1070. The monoisotopic (exact) mass is 548 g/mol. The van der Waals surface area contributed by atoms with E-state index >= 15 is 0 Å². The maximum atomic E-state index is 11.5. The minimum atomic E-state index is -2.19. The van der Waals surface area contributed by atoms with Gasteiger partial charge in [0.05, 0.1) is 36.7 Å². The summed E-state index contributed by atoms with van der Waals surface area (Å²) in [5.74, 6) is -2.45. The third kappa shape index (κ3) is 8.50. The standard InChI is InChI=1S/2C8H11N3O3S.C2H2O4/c2*9-5-1-2-11(8(13)10-5)6-4-15-7(3-12)14-6;3-1(4)2(5)6/h2*1-2,6-7,12H,3-4H2,(H2,9,10,13);(H,3,4)(H,5,6)/t2*6-,7+;/m00./s1. The van der Waals surface area contributed by atoms with E-state index in [0.717, 1.165) is 0 Å². The van der Waals surface area contributed by atoms with Gasteiger partial charge in [0.1, 0.15) is 23.3 Å². The first-order valence-electron chi connectivity index (χ1n) is 10.0. The van der Waals surface area contributed by atoms with Crippen molar-refractivity contribution in [2.45, 2.75) is 23.3 Å². The van der Waals surface area contributed by atoms with Crippen LogP contribution in [0.4, 0.5) is 11.6 Å². The Labute approximate surface area is 210 Å². The number of carbonyl (C=O) groups is 2. The van der Waals surface area contributed by atoms with E-state index in [1.807, 2.05) is 0 Å². The molecule has 16 nitrogen and oxygen atoms in total. The van der Waals surface area contributed by atoms with Crippen LogP contribution in [0.1, 0.15) is 12.5 Å². The van der Waals surface area contributed by atoms with Gasteiger partial charge >= 0.3 is 11.4 Å². The lowest BCUT2D eigenvalue weighted by Crippen LogP contribution is -2.55. The highest BCUT2D eigenvalue weighted by atomic mass is 32.2. The fourth-order valence-corrected chi connectivity index (χ4v) is 4.60. The quantitative estimate of drug-likeness (QED) is 0.153. The van der Waals surface area contributed by atoms with Gasteiger partial charge in [-0.1, -0.05) is 0 Å². The van der Waals surface area contributed by atoms with Crippen LogP contribution < -0.4 is 42.2 Å². The minimum Gasteiger partial charge on any atom is -0.543 e. The number of carbonyl (C=O) groups excluding carboxylic acids is 2. The maximum absolute atomic E-state index is 11.5. The summed E-state index contributed by atoms with van der Waals surface area (Å²) in [5, 5.41) is 35.6. The fraction of sp³-hybridized carbons (Fsp3) is 0.444. The number of aromatic amines is 2. The van der Waals surface area contributed by atoms with Crippen LogP contribution in [-0.2, 0) is 19.1 Å². The number of ether oxygens (including phenoxy) is 2. The number of aliphatic hydroxyl groups is 2. The molecule has 0 spiro atoms. The van der Waals surface area contributed by atoms with E-state index in [4.69, 9.17) is 51.0 Å². The van der Waals surface area contributed by atoms with Crippen LogP contribution in [0.25, 0.3) is 0 Å². The van der Waals surface area contributed by atoms with Crippen LogP contribution in [-0.4, -0.2) is 67.7 Å². The second kappa shape index (κ2) is 13.8. The van der Waals surface area contributed by atoms with Crippen molar-refractivity contribution in [3.05, 3.63) is 45.5 Å². The van der Waals surface area contributed by atoms with Gasteiger partial charge in [0.25, 0.3) is 0 Å². The average Bonchev–Trinajstić information content (AvgIpc) is 3.49. The largest absolute Gasteiger partial charge is 0.543 e. The zero-order valence-corrected chi connectivity index (χ0v) is 20.1. The summed E-state index contributed by atoms with van der Waals surface area (Å²) in [7, 11) is 0. The Morgan fingerprint density at radius 1 is 0.889 bits per heavy atom. The van der Waals surface area contributed by atoms with Crippen LogP contribution in [0.15, 0.2) is 34.1 Å². The molecule has 18 heteroatoms. The normalized spacial score (nSPS) is 22.6. The van der Waals surface area contributed by atoms with E-state index in [1.165, 1.54) is 32.7 Å². The Balaban J connectivity index is 0.000000208. The number of aliphatic hydroxyl groups excluding tert-OH is 2. The number of carboxylic acid groups (broad SMARTS) is 2. The molecule has 2 aromatic rings. The van der Waals surface area contributed by atoms with Gasteiger partial charge in [-0.2, -0.15) is 28.7 Å². The van der Waals surface area contributed by atoms with Crippen LogP contribution in [0.2, 0.25) is 0 Å². The van der Waals surface area contributed by atoms with Gasteiger partial charge in [-0.3, -0.25) is 0 Å². The average molecular weight is 549 g/mol. The Hall–Kier alpha value is -3.16. The van der Waals surface area contributed by atoms with Gasteiger partial charge in [0.2, 0.25) is 12.5 Å². The molecule has 0 radical (unpaired) electrons. The molecule has 2 saturated heterocycles. The van der Waals surface area contributed by atoms with E-state index in [0.29, 0.717) is 23.1 Å². The second-order valence-electron chi connectivity index (χ2n) is 6.86. The smallest absolute Gasteiger partial charge is 0.499 e. The van der Waals surface area contributed by atoms with Crippen LogP contribution in [0.3, 0.4) is 0 Å². The molecule has 4 heterocycles. The maximum Gasteiger partial charge on any atom is 0.499 e. The van der Waals surface area contributed by atoms with Gasteiger partial charge in [0.15, 0.2) is 11.6 Å². The molecule has 2 fully saturated rings. The van der Waals surface area contributed by atoms with E-state index in [1.54, 1.807) is 24.5 Å². The molecule has 0 saturated carbocycles. The van der Waals surface area contributed by atoms with Crippen molar-refractivity contribution in [2.24, 2.45) is 0 Å². The molecule has 8 N–H and O–H groups in total. The van der Waals surface area contributed by atoms with Crippen LogP contribution in [0.5, 0.6) is 0 Å². The molecule has 36 heavy (non-hydrogen) atoms. The summed E-state index contributed by atoms with van der Waals surface area (Å²) in [5.41, 5.74) is 9.74. The number of nitrogens with one attached hydrogen (secondary N) is 2. The minimum absolute atomic E-state index is 0.0470. The van der Waals surface area contributed by atoms with Gasteiger partial charge < -0.3 is 51.0 Å². The first-order chi connectivity index (χ1) is 17.0. The van der Waals surface area contributed by atoms with Crippen molar-refractivity contribution in [1.29, 1.82) is 0 Å². The molecule has 4 atom stereocenters. The number of nitrogens with zero attached hydrogens (tertiary/aromatic N) is 2. The summed E-state index contributed by atoms with van der Waals surface area (Å²) in [6.07, 6.45) is 2.49. The topological polar surface area (TPSA) is 265 Å². The number of aliphatic carboxylic acids is 2. The molecular weight excluding hydrogens is 524 g/mol. The van der Waals surface area contributed by atoms with E-state index in [2.05, 4.69) is 9.97 Å². The van der Waals surface area contributed by atoms with Gasteiger partial charge in [0, 0.05) is 12.1 Å². The number of thioether (sulfide) groups is 2. The Morgan fingerprint density at radius 3 is 1.50 bits per heavy atom. The van der Waals surface area contributed by atoms with Crippen LogP contribution >= 0.6 is 23.5 Å². The Morgan fingerprint density at radius 2 is 1.25 bits per heavy atom. The number of aromatic nitrogens is 4. The lowest BCUT2D eigenvalue weighted by atomic mass is 10.5. The first-order valence-corrected chi connectivity index (χ1v) is 12.1. The highest BCUT2D eigenvalue weighted by Crippen LogP contribution is 2.28. The van der Waals surface area contributed by atoms with Crippen molar-refractivity contribution in [2.75, 3.05) is 36.2 Å². The molecule has 198 valence electrons. The molecule has 0 aromatic carbocycles. The van der Waals surface area contributed by atoms with Crippen molar-refractivity contribution in [3.63, 3.8) is 0 Å². The number of H-pyrrole nitrogens is 2. The predicted molar refractivity (Wildman–Crippen MR) is 120 cm³/mol. The zero-order chi connectivity index (χ0) is 26.8. The number of rotatable bonds is 4. The molecule has 2 aromatic heterocycles. The molecule has 0 bridgehead atoms. The molecule has 2 aliphatic heterocycles. The summed E-state index contributed by atoms with van der Waals surface area (Å²) >= 11 is 2.96. The molecular formula is C18H24N6O10S2. The number of anilines is 2. The molecule has 0 aliphatic carbocycles. The lowest BCUT2D eigenvalue weighted by Gasteiger charge is -2.07. The molecule has 0 amide bonds. The predicted octanol–water partition coefficient (Wildman–Crippen LogP) is -5.86. The van der Waals surface area contributed by atoms with Crippen molar-refractivity contribution in [1.82, 2.24) is 9.97 Å². The SMILES string of the molecule is Nc1cc[n+]([C@@H]2CS[C@H](CO)O2)c(=O)[nH]1.Nc1cc[n+]([C@@H]2CS[C@H](CO)O2)c(=O)[nH]1.O=C([O-])C(=O)[O-]. The Kier molecular flexibility index (Phi) is 11.1. The van der Waals surface area contributed by atoms with E-state index in [9.17, 15) is 9.59 Å². The first kappa shape index (κ1) is 29.1. The van der Waals surface area contributed by atoms with Crippen molar-refractivity contribution >= 4 is 47.1 Å². The highest BCUT2D eigenvalue weighted by Gasteiger charge is 2.32. The number of nitrogens with two attached hydrogens (primary N) is 2. The molecule has 0 unspecified atom stereocenters. The van der Waals surface area contributed by atoms with E-state index < -0.39 is 11.9 Å². The number of hydrogen-bond acceptors (Lipinski definition) is 14. The lowest BCUT2D eigenvalue weighted by molar-refractivity contribution is -0.771. The van der Waals surface area contributed by atoms with Crippen molar-refractivity contribution < 1.29 is 48.6 Å². The molecule has 4 rings (SSSR count). The fourth-order valence-electron chi connectivity index (χ4n) is 2.74. The van der Waals surface area contributed by atoms with Crippen molar-refractivity contribution in [3.8, 4) is 0 Å².